The van der Waals surface area contributed by atoms with E-state index in [1.165, 1.54) is 17.4 Å². The summed E-state index contributed by atoms with van der Waals surface area (Å²) in [5.41, 5.74) is 3.46. The number of thiazole rings is 1. The molecule has 0 aliphatic rings. The van der Waals surface area contributed by atoms with E-state index < -0.39 is 18.5 Å². The molecule has 0 saturated carbocycles. The van der Waals surface area contributed by atoms with Gasteiger partial charge in [0.05, 0.1) is 11.4 Å². The van der Waals surface area contributed by atoms with Gasteiger partial charge in [0.25, 0.3) is 5.91 Å². The van der Waals surface area contributed by atoms with Crippen molar-refractivity contribution in [1.82, 2.24) is 10.1 Å². The number of aryl methyl sites for hydroxylation is 2. The Bertz CT molecular complexity index is 899. The number of esters is 1. The van der Waals surface area contributed by atoms with E-state index in [1.807, 2.05) is 36.6 Å². The van der Waals surface area contributed by atoms with Crippen molar-refractivity contribution < 1.29 is 18.8 Å². The molecule has 1 aromatic carbocycles. The summed E-state index contributed by atoms with van der Waals surface area (Å²) in [7, 11) is 0. The maximum atomic E-state index is 11.9. The number of benzene rings is 1. The van der Waals surface area contributed by atoms with Crippen LogP contribution in [0.5, 0.6) is 0 Å². The molecule has 128 valence electrons. The summed E-state index contributed by atoms with van der Waals surface area (Å²) in [6.07, 6.45) is 0. The highest BCUT2D eigenvalue weighted by molar-refractivity contribution is 7.14. The predicted octanol–water partition coefficient (Wildman–Crippen LogP) is 3.21. The number of ether oxygens (including phenoxy) is 1. The first kappa shape index (κ1) is 16.8. The summed E-state index contributed by atoms with van der Waals surface area (Å²) in [5, 5.41) is 8.47. The van der Waals surface area contributed by atoms with Crippen molar-refractivity contribution in [3.8, 4) is 11.3 Å². The van der Waals surface area contributed by atoms with E-state index in [9.17, 15) is 9.59 Å². The Morgan fingerprint density at radius 2 is 2.00 bits per heavy atom. The molecule has 0 saturated heterocycles. The van der Waals surface area contributed by atoms with Gasteiger partial charge in [-0.3, -0.25) is 10.1 Å². The van der Waals surface area contributed by atoms with E-state index in [0.717, 1.165) is 16.8 Å². The van der Waals surface area contributed by atoms with Crippen molar-refractivity contribution in [2.45, 2.75) is 13.8 Å². The van der Waals surface area contributed by atoms with Gasteiger partial charge < -0.3 is 9.26 Å². The van der Waals surface area contributed by atoms with E-state index in [1.54, 1.807) is 6.92 Å². The van der Waals surface area contributed by atoms with Crippen LogP contribution in [0.25, 0.3) is 11.3 Å². The molecule has 3 aromatic rings. The number of rotatable bonds is 5. The Morgan fingerprint density at radius 1 is 1.24 bits per heavy atom. The van der Waals surface area contributed by atoms with Gasteiger partial charge in [0.15, 0.2) is 11.7 Å². The molecule has 8 heteroatoms. The summed E-state index contributed by atoms with van der Waals surface area (Å²) < 4.78 is 9.64. The van der Waals surface area contributed by atoms with Crippen molar-refractivity contribution in [3.05, 3.63) is 52.7 Å². The van der Waals surface area contributed by atoms with Crippen molar-refractivity contribution in [3.63, 3.8) is 0 Å². The average molecular weight is 357 g/mol. The molecule has 7 nitrogen and oxygen atoms in total. The predicted molar refractivity (Wildman–Crippen MR) is 92.4 cm³/mol. The van der Waals surface area contributed by atoms with Crippen LogP contribution in [-0.4, -0.2) is 28.6 Å². The number of nitrogens with one attached hydrogen (secondary N) is 1. The zero-order valence-electron chi connectivity index (χ0n) is 13.6. The fourth-order valence-electron chi connectivity index (χ4n) is 2.01. The molecule has 0 radical (unpaired) electrons. The maximum Gasteiger partial charge on any atom is 0.377 e. The molecule has 0 aliphatic heterocycles. The molecule has 1 N–H and O–H groups in total. The first-order chi connectivity index (χ1) is 12.0. The van der Waals surface area contributed by atoms with Gasteiger partial charge in [-0.25, -0.2) is 9.78 Å². The third kappa shape index (κ3) is 4.30. The lowest BCUT2D eigenvalue weighted by molar-refractivity contribution is -0.119. The van der Waals surface area contributed by atoms with Gasteiger partial charge in [-0.2, -0.15) is 0 Å². The normalized spacial score (nSPS) is 10.5. The van der Waals surface area contributed by atoms with Gasteiger partial charge >= 0.3 is 5.97 Å². The Kier molecular flexibility index (Phi) is 4.90. The lowest BCUT2D eigenvalue weighted by atomic mass is 10.1. The van der Waals surface area contributed by atoms with Crippen LogP contribution in [0.1, 0.15) is 21.8 Å². The van der Waals surface area contributed by atoms with Crippen molar-refractivity contribution in [2.75, 3.05) is 11.9 Å². The Balaban J connectivity index is 1.55. The minimum absolute atomic E-state index is 0.0406. The van der Waals surface area contributed by atoms with E-state index in [4.69, 9.17) is 9.26 Å². The average Bonchev–Trinajstić information content (AvgIpc) is 3.22. The summed E-state index contributed by atoms with van der Waals surface area (Å²) in [6.45, 7) is 3.26. The number of hydrogen-bond acceptors (Lipinski definition) is 7. The zero-order chi connectivity index (χ0) is 17.8. The number of carbonyl (C=O) groups is 2. The third-order valence-corrected chi connectivity index (χ3v) is 4.02. The quantitative estimate of drug-likeness (QED) is 0.705. The van der Waals surface area contributed by atoms with Gasteiger partial charge in [-0.05, 0) is 13.8 Å². The van der Waals surface area contributed by atoms with Crippen molar-refractivity contribution >= 4 is 28.3 Å². The number of hydrogen-bond donors (Lipinski definition) is 1. The molecule has 2 aromatic heterocycles. The lowest BCUT2D eigenvalue weighted by Crippen LogP contribution is -2.20. The standard InChI is InChI=1S/C17H15N3O4S/c1-10-3-5-12(6-4-10)13-9-25-17(18-13)19-15(21)8-23-16(22)14-7-11(2)20-24-14/h3-7,9H,8H2,1-2H3,(H,18,19,21). The molecule has 3 rings (SSSR count). The second-order valence-electron chi connectivity index (χ2n) is 5.36. The van der Waals surface area contributed by atoms with E-state index in [2.05, 4.69) is 15.5 Å². The molecule has 0 aliphatic carbocycles. The summed E-state index contributed by atoms with van der Waals surface area (Å²) in [4.78, 5) is 27.9. The number of aromatic nitrogens is 2. The van der Waals surface area contributed by atoms with Crippen molar-refractivity contribution in [2.24, 2.45) is 0 Å². The van der Waals surface area contributed by atoms with Gasteiger partial charge in [-0.15, -0.1) is 11.3 Å². The van der Waals surface area contributed by atoms with Crippen molar-refractivity contribution in [1.29, 1.82) is 0 Å². The Labute approximate surface area is 147 Å². The minimum atomic E-state index is -0.741. The molecule has 0 bridgehead atoms. The first-order valence-corrected chi connectivity index (χ1v) is 8.32. The van der Waals surface area contributed by atoms with Crippen LogP contribution in [0.2, 0.25) is 0 Å². The molecule has 2 heterocycles. The monoisotopic (exact) mass is 357 g/mol. The molecule has 25 heavy (non-hydrogen) atoms. The number of anilines is 1. The molecule has 1 amide bonds. The van der Waals surface area contributed by atoms with Crippen LogP contribution < -0.4 is 5.32 Å². The highest BCUT2D eigenvalue weighted by atomic mass is 32.1. The lowest BCUT2D eigenvalue weighted by Gasteiger charge is -2.02. The second kappa shape index (κ2) is 7.27. The van der Waals surface area contributed by atoms with Gasteiger partial charge in [0.2, 0.25) is 5.76 Å². The third-order valence-electron chi connectivity index (χ3n) is 3.26. The number of nitrogens with zero attached hydrogens (tertiary/aromatic N) is 2. The molecule has 0 spiro atoms. The molecule has 0 unspecified atom stereocenters. The van der Waals surface area contributed by atoms with Gasteiger partial charge in [-0.1, -0.05) is 35.0 Å². The fourth-order valence-corrected chi connectivity index (χ4v) is 2.74. The van der Waals surface area contributed by atoms with Gasteiger partial charge in [0.1, 0.15) is 0 Å². The van der Waals surface area contributed by atoms with E-state index in [-0.39, 0.29) is 5.76 Å². The summed E-state index contributed by atoms with van der Waals surface area (Å²) >= 11 is 1.30. The maximum absolute atomic E-state index is 11.9. The van der Waals surface area contributed by atoms with Crippen LogP contribution in [0.15, 0.2) is 40.2 Å². The smallest absolute Gasteiger partial charge is 0.377 e. The van der Waals surface area contributed by atoms with Crippen LogP contribution >= 0.6 is 11.3 Å². The molecule has 0 atom stereocenters. The Hall–Kier alpha value is -3.00. The fraction of sp³-hybridized carbons (Fsp3) is 0.176. The molecular weight excluding hydrogens is 342 g/mol. The summed E-state index contributed by atoms with van der Waals surface area (Å²) in [6, 6.07) is 9.37. The largest absolute Gasteiger partial charge is 0.450 e. The van der Waals surface area contributed by atoms with Crippen LogP contribution in [0.3, 0.4) is 0 Å². The summed E-state index contributed by atoms with van der Waals surface area (Å²) in [5.74, 6) is -1.26. The first-order valence-electron chi connectivity index (χ1n) is 7.44. The molecule has 0 fully saturated rings. The Morgan fingerprint density at radius 3 is 2.68 bits per heavy atom. The minimum Gasteiger partial charge on any atom is -0.450 e. The zero-order valence-corrected chi connectivity index (χ0v) is 14.4. The highest BCUT2D eigenvalue weighted by Gasteiger charge is 2.15. The number of carbonyl (C=O) groups excluding carboxylic acids is 2. The van der Waals surface area contributed by atoms with Crippen LogP contribution in [-0.2, 0) is 9.53 Å². The highest BCUT2D eigenvalue weighted by Crippen LogP contribution is 2.25. The van der Waals surface area contributed by atoms with E-state index >= 15 is 0 Å². The van der Waals surface area contributed by atoms with Crippen LogP contribution in [0.4, 0.5) is 5.13 Å². The topological polar surface area (TPSA) is 94.3 Å². The van der Waals surface area contributed by atoms with Gasteiger partial charge in [0, 0.05) is 17.0 Å². The SMILES string of the molecule is Cc1ccc(-c2csc(NC(=O)COC(=O)c3cc(C)no3)n2)cc1. The number of amides is 1. The molecular formula is C17H15N3O4S. The van der Waals surface area contributed by atoms with Crippen LogP contribution in [0, 0.1) is 13.8 Å². The van der Waals surface area contributed by atoms with E-state index in [0.29, 0.717) is 10.8 Å². The second-order valence-corrected chi connectivity index (χ2v) is 6.22.